The van der Waals surface area contributed by atoms with E-state index < -0.39 is 35.8 Å². The summed E-state index contributed by atoms with van der Waals surface area (Å²) < 4.78 is 4.76. The molecule has 12 nitrogen and oxygen atoms in total. The van der Waals surface area contributed by atoms with Crippen LogP contribution >= 0.6 is 0 Å². The molecule has 0 aliphatic heterocycles. The molecular formula is C20H29N7O5. The van der Waals surface area contributed by atoms with Crippen LogP contribution in [-0.2, 0) is 30.4 Å². The first-order valence-electron chi connectivity index (χ1n) is 9.86. The number of H-pyrrole nitrogens is 1. The number of nitrogens with zero attached hydrogens (tertiary/aromatic N) is 1. The number of fused-ring (bicyclic) bond motifs is 1. The lowest BCUT2D eigenvalue weighted by Crippen LogP contribution is -2.64. The van der Waals surface area contributed by atoms with Crippen molar-refractivity contribution in [3.63, 3.8) is 0 Å². The molecule has 0 bridgehead atoms. The van der Waals surface area contributed by atoms with Gasteiger partial charge in [0, 0.05) is 30.1 Å². The van der Waals surface area contributed by atoms with Crippen molar-refractivity contribution < 1.29 is 24.0 Å². The van der Waals surface area contributed by atoms with Crippen LogP contribution in [0.5, 0.6) is 0 Å². The zero-order valence-corrected chi connectivity index (χ0v) is 17.8. The number of aromatic nitrogens is 1. The summed E-state index contributed by atoms with van der Waals surface area (Å²) in [5, 5.41) is 3.32. The summed E-state index contributed by atoms with van der Waals surface area (Å²) in [6.07, 6.45) is 2.06. The Morgan fingerprint density at radius 1 is 1.25 bits per heavy atom. The van der Waals surface area contributed by atoms with Crippen LogP contribution in [0.2, 0.25) is 0 Å². The van der Waals surface area contributed by atoms with Gasteiger partial charge in [0.2, 0.25) is 5.91 Å². The van der Waals surface area contributed by atoms with Crippen LogP contribution < -0.4 is 28.4 Å². The van der Waals surface area contributed by atoms with Gasteiger partial charge in [0.15, 0.2) is 17.3 Å². The van der Waals surface area contributed by atoms with E-state index in [1.807, 2.05) is 24.3 Å². The average molecular weight is 447 g/mol. The first kappa shape index (κ1) is 24.8. The Labute approximate surface area is 184 Å². The summed E-state index contributed by atoms with van der Waals surface area (Å²) in [7, 11) is 1.19. The summed E-state index contributed by atoms with van der Waals surface area (Å²) >= 11 is 0. The molecule has 2 aromatic rings. The van der Waals surface area contributed by atoms with E-state index in [0.29, 0.717) is 12.0 Å². The van der Waals surface area contributed by atoms with Gasteiger partial charge in [0.05, 0.1) is 7.11 Å². The molecular weight excluding hydrogens is 418 g/mol. The van der Waals surface area contributed by atoms with E-state index >= 15 is 0 Å². The van der Waals surface area contributed by atoms with Crippen molar-refractivity contribution in [3.05, 3.63) is 36.0 Å². The summed E-state index contributed by atoms with van der Waals surface area (Å²) in [5.74, 6) is 2.66. The number of hydrogen-bond donors (Lipinski definition) is 6. The van der Waals surface area contributed by atoms with Gasteiger partial charge in [-0.25, -0.2) is 10.7 Å². The molecule has 0 fully saturated rings. The second kappa shape index (κ2) is 11.2. The molecule has 1 amide bonds. The predicted molar refractivity (Wildman–Crippen MR) is 118 cm³/mol. The van der Waals surface area contributed by atoms with Crippen molar-refractivity contribution in [2.45, 2.75) is 30.8 Å². The molecule has 2 rings (SSSR count). The van der Waals surface area contributed by atoms with Gasteiger partial charge in [-0.15, -0.1) is 0 Å². The summed E-state index contributed by atoms with van der Waals surface area (Å²) in [4.78, 5) is 49.5. The number of esters is 1. The number of methoxy groups -OCH3 is 1. The highest BCUT2D eigenvalue weighted by atomic mass is 16.6. The maximum atomic E-state index is 13.2. The van der Waals surface area contributed by atoms with Crippen LogP contribution in [0.1, 0.15) is 18.4 Å². The standard InChI is InChI=1S/C20H29N7O5/c1-31-17(29)15(7-4-8-25-19(21)22)27-18(30)20(23,16(28)11-32-24)9-12-10-26-14-6-3-2-5-13(12)14/h2-3,5-6,10,15,26H,4,7-9,11,23-24H2,1H3,(H,27,30)(H4,21,22,25)/t15-,20+/m0/s1. The molecule has 2 atom stereocenters. The Kier molecular flexibility index (Phi) is 8.70. The third-order valence-corrected chi connectivity index (χ3v) is 5.00. The second-order valence-electron chi connectivity index (χ2n) is 7.24. The van der Waals surface area contributed by atoms with Gasteiger partial charge in [0.1, 0.15) is 12.6 Å². The Morgan fingerprint density at radius 2 is 1.97 bits per heavy atom. The highest BCUT2D eigenvalue weighted by molar-refractivity contribution is 6.12. The molecule has 0 saturated carbocycles. The minimum atomic E-state index is -2.05. The molecule has 0 saturated heterocycles. The lowest BCUT2D eigenvalue weighted by Gasteiger charge is -2.28. The van der Waals surface area contributed by atoms with Crippen molar-refractivity contribution >= 4 is 34.5 Å². The first-order chi connectivity index (χ1) is 15.2. The highest BCUT2D eigenvalue weighted by Crippen LogP contribution is 2.23. The van der Waals surface area contributed by atoms with Crippen LogP contribution in [0.15, 0.2) is 35.5 Å². The Morgan fingerprint density at radius 3 is 2.62 bits per heavy atom. The summed E-state index contributed by atoms with van der Waals surface area (Å²) in [5.41, 5.74) is 16.3. The van der Waals surface area contributed by atoms with Gasteiger partial charge in [-0.05, 0) is 24.5 Å². The van der Waals surface area contributed by atoms with E-state index in [9.17, 15) is 14.4 Å². The van der Waals surface area contributed by atoms with Gasteiger partial charge >= 0.3 is 5.97 Å². The molecule has 0 radical (unpaired) electrons. The average Bonchev–Trinajstić information content (AvgIpc) is 3.17. The fraction of sp³-hybridized carbons (Fsp3) is 0.400. The summed E-state index contributed by atoms with van der Waals surface area (Å²) in [6, 6.07) is 6.31. The summed E-state index contributed by atoms with van der Waals surface area (Å²) in [6.45, 7) is -0.339. The molecule has 12 heteroatoms. The maximum Gasteiger partial charge on any atom is 0.328 e. The number of ether oxygens (including phenoxy) is 1. The fourth-order valence-corrected chi connectivity index (χ4v) is 3.27. The number of Topliss-reactive ketones (excluding diaryl/α,β-unsaturated/α-hetero) is 1. The number of rotatable bonds is 12. The Hall–Kier alpha value is -3.48. The lowest BCUT2D eigenvalue weighted by molar-refractivity contribution is -0.147. The highest BCUT2D eigenvalue weighted by Gasteiger charge is 2.43. The van der Waals surface area contributed by atoms with E-state index in [-0.39, 0.29) is 25.3 Å². The number of guanidine groups is 1. The van der Waals surface area contributed by atoms with Crippen LogP contribution in [-0.4, -0.2) is 60.4 Å². The second-order valence-corrected chi connectivity index (χ2v) is 7.24. The number of hydrogen-bond acceptors (Lipinski definition) is 8. The van der Waals surface area contributed by atoms with Gasteiger partial charge in [-0.2, -0.15) is 0 Å². The predicted octanol–water partition coefficient (Wildman–Crippen LogP) is -1.42. The third-order valence-electron chi connectivity index (χ3n) is 5.00. The molecule has 0 aliphatic rings. The number of aliphatic imine (C=N–C) groups is 1. The lowest BCUT2D eigenvalue weighted by atomic mass is 9.86. The number of benzene rings is 1. The Bertz CT molecular complexity index is 986. The van der Waals surface area contributed by atoms with Crippen molar-refractivity contribution in [1.29, 1.82) is 0 Å². The molecule has 0 aliphatic carbocycles. The van der Waals surface area contributed by atoms with E-state index in [1.165, 1.54) is 7.11 Å². The SMILES string of the molecule is COC(=O)[C@H](CCCN=C(N)N)NC(=O)[C@@](N)(Cc1c[nH]c2ccccc12)C(=O)CON. The number of nitrogens with two attached hydrogens (primary N) is 4. The topological polar surface area (TPSA) is 214 Å². The van der Waals surface area contributed by atoms with Crippen LogP contribution in [0.4, 0.5) is 0 Å². The van der Waals surface area contributed by atoms with E-state index in [4.69, 9.17) is 27.8 Å². The molecule has 0 spiro atoms. The zero-order chi connectivity index (χ0) is 23.7. The van der Waals surface area contributed by atoms with E-state index in [2.05, 4.69) is 20.1 Å². The van der Waals surface area contributed by atoms with Gasteiger partial charge < -0.3 is 32.2 Å². The Balaban J connectivity index is 2.27. The molecule has 1 aromatic carbocycles. The van der Waals surface area contributed by atoms with Crippen LogP contribution in [0.25, 0.3) is 10.9 Å². The fourth-order valence-electron chi connectivity index (χ4n) is 3.27. The number of ketones is 1. The van der Waals surface area contributed by atoms with Crippen molar-refractivity contribution in [3.8, 4) is 0 Å². The minimum Gasteiger partial charge on any atom is -0.467 e. The largest absolute Gasteiger partial charge is 0.467 e. The van der Waals surface area contributed by atoms with Crippen LogP contribution in [0.3, 0.4) is 0 Å². The smallest absolute Gasteiger partial charge is 0.328 e. The number of aromatic amines is 1. The van der Waals surface area contributed by atoms with Crippen molar-refractivity contribution in [2.24, 2.45) is 28.1 Å². The number of carbonyl (C=O) groups excluding carboxylic acids is 3. The number of para-hydroxylation sites is 1. The van der Waals surface area contributed by atoms with Gasteiger partial charge in [-0.3, -0.25) is 19.4 Å². The molecule has 0 unspecified atom stereocenters. The normalized spacial score (nSPS) is 13.7. The number of carbonyl (C=O) groups is 3. The van der Waals surface area contributed by atoms with E-state index in [0.717, 1.165) is 10.9 Å². The molecule has 1 aromatic heterocycles. The maximum absolute atomic E-state index is 13.2. The van der Waals surface area contributed by atoms with E-state index in [1.54, 1.807) is 6.20 Å². The van der Waals surface area contributed by atoms with Crippen LogP contribution in [0, 0.1) is 0 Å². The number of amides is 1. The quantitative estimate of drug-likeness (QED) is 0.0561. The molecule has 32 heavy (non-hydrogen) atoms. The zero-order valence-electron chi connectivity index (χ0n) is 17.8. The third kappa shape index (κ3) is 6.03. The number of nitrogens with one attached hydrogen (secondary N) is 2. The molecule has 174 valence electrons. The molecule has 1 heterocycles. The van der Waals surface area contributed by atoms with Gasteiger partial charge in [0.25, 0.3) is 0 Å². The monoisotopic (exact) mass is 447 g/mol. The van der Waals surface area contributed by atoms with Gasteiger partial charge in [-0.1, -0.05) is 18.2 Å². The van der Waals surface area contributed by atoms with Crippen molar-refractivity contribution in [2.75, 3.05) is 20.3 Å². The van der Waals surface area contributed by atoms with Crippen molar-refractivity contribution in [1.82, 2.24) is 10.3 Å². The molecule has 10 N–H and O–H groups in total. The first-order valence-corrected chi connectivity index (χ1v) is 9.86. The minimum absolute atomic E-state index is 0.0873.